The summed E-state index contributed by atoms with van der Waals surface area (Å²) in [5, 5.41) is 6.71. The van der Waals surface area contributed by atoms with Gasteiger partial charge in [-0.1, -0.05) is 0 Å². The molecule has 0 bridgehead atoms. The monoisotopic (exact) mass is 142 g/mol. The SMILES string of the molecule is CNCCC1(C)CCCN1. The molecule has 0 saturated carbocycles. The fraction of sp³-hybridized carbons (Fsp3) is 1.00. The molecule has 0 amide bonds. The van der Waals surface area contributed by atoms with Crippen LogP contribution in [0.4, 0.5) is 0 Å². The van der Waals surface area contributed by atoms with Crippen molar-refractivity contribution in [2.24, 2.45) is 0 Å². The molecule has 0 aromatic heterocycles. The van der Waals surface area contributed by atoms with E-state index in [0.29, 0.717) is 5.54 Å². The smallest absolute Gasteiger partial charge is 0.0165 e. The summed E-state index contributed by atoms with van der Waals surface area (Å²) in [5.74, 6) is 0. The summed E-state index contributed by atoms with van der Waals surface area (Å²) < 4.78 is 0. The van der Waals surface area contributed by atoms with Gasteiger partial charge < -0.3 is 10.6 Å². The predicted molar refractivity (Wildman–Crippen MR) is 44.2 cm³/mol. The van der Waals surface area contributed by atoms with Crippen molar-refractivity contribution >= 4 is 0 Å². The van der Waals surface area contributed by atoms with E-state index in [9.17, 15) is 0 Å². The van der Waals surface area contributed by atoms with E-state index >= 15 is 0 Å². The summed E-state index contributed by atoms with van der Waals surface area (Å²) in [7, 11) is 2.01. The molecule has 1 aliphatic heterocycles. The minimum atomic E-state index is 0.434. The summed E-state index contributed by atoms with van der Waals surface area (Å²) in [4.78, 5) is 0. The minimum absolute atomic E-state index is 0.434. The average Bonchev–Trinajstić information content (AvgIpc) is 2.33. The Morgan fingerprint density at radius 3 is 2.90 bits per heavy atom. The quantitative estimate of drug-likeness (QED) is 0.607. The molecule has 0 radical (unpaired) electrons. The highest BCUT2D eigenvalue weighted by Crippen LogP contribution is 2.21. The zero-order valence-corrected chi connectivity index (χ0v) is 7.04. The van der Waals surface area contributed by atoms with Gasteiger partial charge in [0, 0.05) is 5.54 Å². The first kappa shape index (κ1) is 8.02. The molecular weight excluding hydrogens is 124 g/mol. The first-order valence-corrected chi connectivity index (χ1v) is 4.16. The number of nitrogens with one attached hydrogen (secondary N) is 2. The van der Waals surface area contributed by atoms with E-state index in [1.54, 1.807) is 0 Å². The largest absolute Gasteiger partial charge is 0.320 e. The second-order valence-electron chi connectivity index (χ2n) is 3.44. The van der Waals surface area contributed by atoms with Gasteiger partial charge in [-0.15, -0.1) is 0 Å². The Hall–Kier alpha value is -0.0800. The van der Waals surface area contributed by atoms with E-state index < -0.39 is 0 Å². The molecule has 0 aromatic carbocycles. The van der Waals surface area contributed by atoms with Crippen LogP contribution in [0.1, 0.15) is 26.2 Å². The van der Waals surface area contributed by atoms with E-state index in [1.165, 1.54) is 25.8 Å². The Bertz CT molecular complexity index is 95.4. The summed E-state index contributed by atoms with van der Waals surface area (Å²) in [6.45, 7) is 4.65. The zero-order valence-electron chi connectivity index (χ0n) is 7.04. The Morgan fingerprint density at radius 1 is 1.60 bits per heavy atom. The Morgan fingerprint density at radius 2 is 2.40 bits per heavy atom. The van der Waals surface area contributed by atoms with Crippen LogP contribution < -0.4 is 10.6 Å². The normalized spacial score (nSPS) is 33.0. The van der Waals surface area contributed by atoms with Crippen molar-refractivity contribution in [3.63, 3.8) is 0 Å². The van der Waals surface area contributed by atoms with E-state index in [4.69, 9.17) is 0 Å². The number of rotatable bonds is 3. The summed E-state index contributed by atoms with van der Waals surface area (Å²) in [6, 6.07) is 0. The van der Waals surface area contributed by atoms with Crippen molar-refractivity contribution in [1.82, 2.24) is 10.6 Å². The van der Waals surface area contributed by atoms with Gasteiger partial charge in [-0.2, -0.15) is 0 Å². The standard InChI is InChI=1S/C8H18N2/c1-8(5-7-9-2)4-3-6-10-8/h9-10H,3-7H2,1-2H3. The molecule has 60 valence electrons. The van der Waals surface area contributed by atoms with E-state index in [0.717, 1.165) is 6.54 Å². The molecule has 1 rings (SSSR count). The molecule has 1 aliphatic rings. The fourth-order valence-electron chi connectivity index (χ4n) is 1.57. The lowest BCUT2D eigenvalue weighted by molar-refractivity contribution is 0.380. The summed E-state index contributed by atoms with van der Waals surface area (Å²) in [6.07, 6.45) is 3.94. The van der Waals surface area contributed by atoms with Crippen molar-refractivity contribution < 1.29 is 0 Å². The highest BCUT2D eigenvalue weighted by atomic mass is 15.0. The summed E-state index contributed by atoms with van der Waals surface area (Å²) >= 11 is 0. The molecule has 2 N–H and O–H groups in total. The van der Waals surface area contributed by atoms with Gasteiger partial charge in [-0.3, -0.25) is 0 Å². The van der Waals surface area contributed by atoms with Gasteiger partial charge in [-0.05, 0) is 46.3 Å². The van der Waals surface area contributed by atoms with Crippen LogP contribution in [-0.4, -0.2) is 25.7 Å². The van der Waals surface area contributed by atoms with Gasteiger partial charge in [0.2, 0.25) is 0 Å². The molecule has 2 heteroatoms. The van der Waals surface area contributed by atoms with Crippen molar-refractivity contribution in [2.45, 2.75) is 31.7 Å². The van der Waals surface area contributed by atoms with Crippen molar-refractivity contribution in [3.05, 3.63) is 0 Å². The molecule has 1 saturated heterocycles. The van der Waals surface area contributed by atoms with Gasteiger partial charge in [0.25, 0.3) is 0 Å². The molecule has 1 fully saturated rings. The summed E-state index contributed by atoms with van der Waals surface area (Å²) in [5.41, 5.74) is 0.434. The first-order chi connectivity index (χ1) is 4.77. The van der Waals surface area contributed by atoms with Gasteiger partial charge in [0.05, 0.1) is 0 Å². The number of hydrogen-bond acceptors (Lipinski definition) is 2. The first-order valence-electron chi connectivity index (χ1n) is 4.16. The fourth-order valence-corrected chi connectivity index (χ4v) is 1.57. The molecule has 10 heavy (non-hydrogen) atoms. The maximum atomic E-state index is 3.53. The molecule has 1 atom stereocenters. The van der Waals surface area contributed by atoms with E-state index in [2.05, 4.69) is 17.6 Å². The van der Waals surface area contributed by atoms with Gasteiger partial charge >= 0.3 is 0 Å². The van der Waals surface area contributed by atoms with E-state index in [1.807, 2.05) is 7.05 Å². The molecule has 0 spiro atoms. The van der Waals surface area contributed by atoms with Crippen LogP contribution in [0, 0.1) is 0 Å². The molecule has 1 unspecified atom stereocenters. The molecule has 0 aliphatic carbocycles. The van der Waals surface area contributed by atoms with Crippen LogP contribution in [0.3, 0.4) is 0 Å². The zero-order chi connectivity index (χ0) is 7.45. The lowest BCUT2D eigenvalue weighted by Crippen LogP contribution is -2.38. The predicted octanol–water partition coefficient (Wildman–Crippen LogP) is 0.738. The maximum Gasteiger partial charge on any atom is 0.0165 e. The topological polar surface area (TPSA) is 24.1 Å². The third-order valence-electron chi connectivity index (χ3n) is 2.38. The highest BCUT2D eigenvalue weighted by molar-refractivity contribution is 4.88. The lowest BCUT2D eigenvalue weighted by Gasteiger charge is -2.23. The Kier molecular flexibility index (Phi) is 2.69. The maximum absolute atomic E-state index is 3.53. The van der Waals surface area contributed by atoms with Gasteiger partial charge in [0.15, 0.2) is 0 Å². The van der Waals surface area contributed by atoms with E-state index in [-0.39, 0.29) is 0 Å². The average molecular weight is 142 g/mol. The lowest BCUT2D eigenvalue weighted by atomic mass is 9.96. The Balaban J connectivity index is 2.22. The molecule has 1 heterocycles. The van der Waals surface area contributed by atoms with Crippen LogP contribution in [0.2, 0.25) is 0 Å². The highest BCUT2D eigenvalue weighted by Gasteiger charge is 2.26. The van der Waals surface area contributed by atoms with Crippen molar-refractivity contribution in [3.8, 4) is 0 Å². The second-order valence-corrected chi connectivity index (χ2v) is 3.44. The van der Waals surface area contributed by atoms with Crippen LogP contribution in [0.5, 0.6) is 0 Å². The van der Waals surface area contributed by atoms with Crippen LogP contribution >= 0.6 is 0 Å². The van der Waals surface area contributed by atoms with Gasteiger partial charge in [-0.25, -0.2) is 0 Å². The third kappa shape index (κ3) is 1.96. The third-order valence-corrected chi connectivity index (χ3v) is 2.38. The second kappa shape index (κ2) is 3.35. The van der Waals surface area contributed by atoms with Crippen molar-refractivity contribution in [2.75, 3.05) is 20.1 Å². The minimum Gasteiger partial charge on any atom is -0.320 e. The number of hydrogen-bond donors (Lipinski definition) is 2. The molecular formula is C8H18N2. The van der Waals surface area contributed by atoms with Crippen LogP contribution in [0.15, 0.2) is 0 Å². The Labute approximate surface area is 63.4 Å². The van der Waals surface area contributed by atoms with Gasteiger partial charge in [0.1, 0.15) is 0 Å². The molecule has 0 aromatic rings. The van der Waals surface area contributed by atoms with Crippen molar-refractivity contribution in [1.29, 1.82) is 0 Å². The van der Waals surface area contributed by atoms with Crippen LogP contribution in [-0.2, 0) is 0 Å². The van der Waals surface area contributed by atoms with Crippen LogP contribution in [0.25, 0.3) is 0 Å². The molecule has 2 nitrogen and oxygen atoms in total.